The zero-order chi connectivity index (χ0) is 21.5. The molecule has 0 saturated heterocycles. The third-order valence-corrected chi connectivity index (χ3v) is 4.74. The minimum absolute atomic E-state index is 0.344. The van der Waals surface area contributed by atoms with E-state index < -0.39 is 0 Å². The van der Waals surface area contributed by atoms with Gasteiger partial charge in [-0.1, -0.05) is 91.0 Å². The number of benzene rings is 3. The SMILES string of the molecule is CC(C=NNC(=O)c1cc(-c2ccc(-c3ccccc3)cc2)n[nH]1)=Cc1ccccc1. The van der Waals surface area contributed by atoms with E-state index in [0.29, 0.717) is 11.4 Å². The molecule has 0 radical (unpaired) electrons. The molecule has 4 aromatic rings. The highest BCUT2D eigenvalue weighted by atomic mass is 16.2. The van der Waals surface area contributed by atoms with E-state index >= 15 is 0 Å². The molecule has 4 rings (SSSR count). The van der Waals surface area contributed by atoms with Crippen molar-refractivity contribution < 1.29 is 4.79 Å². The summed E-state index contributed by atoms with van der Waals surface area (Å²) in [5, 5.41) is 11.1. The molecular weight excluding hydrogens is 384 g/mol. The molecule has 1 amide bonds. The number of carbonyl (C=O) groups excluding carboxylic acids is 1. The summed E-state index contributed by atoms with van der Waals surface area (Å²) in [5.74, 6) is -0.344. The molecule has 0 spiro atoms. The Morgan fingerprint density at radius 2 is 1.48 bits per heavy atom. The molecule has 1 aromatic heterocycles. The molecule has 0 atom stereocenters. The van der Waals surface area contributed by atoms with Gasteiger partial charge < -0.3 is 0 Å². The van der Waals surface area contributed by atoms with Crippen molar-refractivity contribution in [1.29, 1.82) is 0 Å². The predicted molar refractivity (Wildman–Crippen MR) is 126 cm³/mol. The summed E-state index contributed by atoms with van der Waals surface area (Å²) in [7, 11) is 0. The Morgan fingerprint density at radius 1 is 0.871 bits per heavy atom. The number of carbonyl (C=O) groups is 1. The van der Waals surface area contributed by atoms with E-state index in [1.54, 1.807) is 12.3 Å². The zero-order valence-electron chi connectivity index (χ0n) is 17.1. The minimum Gasteiger partial charge on any atom is -0.272 e. The second-order valence-electron chi connectivity index (χ2n) is 7.11. The summed E-state index contributed by atoms with van der Waals surface area (Å²) >= 11 is 0. The third-order valence-electron chi connectivity index (χ3n) is 4.74. The number of amides is 1. The predicted octanol–water partition coefficient (Wildman–Crippen LogP) is 5.56. The fourth-order valence-electron chi connectivity index (χ4n) is 3.15. The van der Waals surface area contributed by atoms with Crippen molar-refractivity contribution in [3.8, 4) is 22.4 Å². The Hall–Kier alpha value is -4.25. The first-order valence-electron chi connectivity index (χ1n) is 9.97. The van der Waals surface area contributed by atoms with Gasteiger partial charge in [-0.3, -0.25) is 9.89 Å². The van der Waals surface area contributed by atoms with Crippen LogP contribution in [-0.4, -0.2) is 22.3 Å². The van der Waals surface area contributed by atoms with Crippen molar-refractivity contribution >= 4 is 18.2 Å². The van der Waals surface area contributed by atoms with Gasteiger partial charge in [-0.25, -0.2) is 5.43 Å². The highest BCUT2D eigenvalue weighted by Gasteiger charge is 2.10. The van der Waals surface area contributed by atoms with E-state index in [1.807, 2.05) is 85.8 Å². The van der Waals surface area contributed by atoms with E-state index in [2.05, 4.69) is 32.9 Å². The molecule has 1 heterocycles. The minimum atomic E-state index is -0.344. The summed E-state index contributed by atoms with van der Waals surface area (Å²) in [6.45, 7) is 1.93. The molecule has 31 heavy (non-hydrogen) atoms. The number of nitrogens with zero attached hydrogens (tertiary/aromatic N) is 2. The summed E-state index contributed by atoms with van der Waals surface area (Å²) < 4.78 is 0. The number of nitrogens with one attached hydrogen (secondary N) is 2. The molecule has 2 N–H and O–H groups in total. The van der Waals surface area contributed by atoms with Gasteiger partial charge in [0.15, 0.2) is 0 Å². The van der Waals surface area contributed by atoms with Crippen LogP contribution in [0.15, 0.2) is 102 Å². The summed E-state index contributed by atoms with van der Waals surface area (Å²) in [6, 6.07) is 29.9. The monoisotopic (exact) mass is 406 g/mol. The maximum absolute atomic E-state index is 12.4. The van der Waals surface area contributed by atoms with Gasteiger partial charge in [0.2, 0.25) is 0 Å². The first kappa shape index (κ1) is 20.0. The van der Waals surface area contributed by atoms with Crippen LogP contribution in [0.4, 0.5) is 0 Å². The van der Waals surface area contributed by atoms with Gasteiger partial charge in [0.05, 0.1) is 11.9 Å². The Bertz CT molecular complexity index is 1210. The fourth-order valence-corrected chi connectivity index (χ4v) is 3.15. The Kier molecular flexibility index (Phi) is 6.14. The topological polar surface area (TPSA) is 70.1 Å². The second kappa shape index (κ2) is 9.50. The van der Waals surface area contributed by atoms with Crippen LogP contribution in [0.25, 0.3) is 28.5 Å². The van der Waals surface area contributed by atoms with Crippen molar-refractivity contribution in [3.63, 3.8) is 0 Å². The molecule has 0 aliphatic carbocycles. The lowest BCUT2D eigenvalue weighted by Crippen LogP contribution is -2.17. The van der Waals surface area contributed by atoms with E-state index in [0.717, 1.165) is 27.8 Å². The van der Waals surface area contributed by atoms with Crippen molar-refractivity contribution in [2.75, 3.05) is 0 Å². The molecule has 0 saturated carbocycles. The number of allylic oxidation sites excluding steroid dienone is 1. The fraction of sp³-hybridized carbons (Fsp3) is 0.0385. The smallest absolute Gasteiger partial charge is 0.272 e. The first-order valence-corrected chi connectivity index (χ1v) is 9.97. The van der Waals surface area contributed by atoms with Crippen molar-refractivity contribution in [2.45, 2.75) is 6.92 Å². The average Bonchev–Trinajstić information content (AvgIpc) is 3.31. The average molecular weight is 406 g/mol. The number of hydrogen-bond donors (Lipinski definition) is 2. The van der Waals surface area contributed by atoms with Gasteiger partial charge in [-0.05, 0) is 35.3 Å². The van der Waals surface area contributed by atoms with Crippen LogP contribution in [0.2, 0.25) is 0 Å². The highest BCUT2D eigenvalue weighted by Crippen LogP contribution is 2.24. The standard InChI is InChI=1S/C26H22N4O/c1-19(16-20-8-4-2-5-9-20)18-27-30-26(31)25-17-24(28-29-25)23-14-12-22(13-15-23)21-10-6-3-7-11-21/h2-18H,1H3,(H,28,29)(H,30,31). The van der Waals surface area contributed by atoms with Gasteiger partial charge in [0.1, 0.15) is 5.69 Å². The van der Waals surface area contributed by atoms with Crippen LogP contribution in [0.3, 0.4) is 0 Å². The van der Waals surface area contributed by atoms with Crippen LogP contribution in [0.1, 0.15) is 23.0 Å². The van der Waals surface area contributed by atoms with E-state index in [4.69, 9.17) is 0 Å². The zero-order valence-corrected chi connectivity index (χ0v) is 17.1. The van der Waals surface area contributed by atoms with Crippen LogP contribution in [-0.2, 0) is 0 Å². The molecule has 5 nitrogen and oxygen atoms in total. The number of hydrogen-bond acceptors (Lipinski definition) is 3. The largest absolute Gasteiger partial charge is 0.289 e. The summed E-state index contributed by atoms with van der Waals surface area (Å²) in [4.78, 5) is 12.4. The summed E-state index contributed by atoms with van der Waals surface area (Å²) in [6.07, 6.45) is 3.60. The normalized spacial score (nSPS) is 11.6. The van der Waals surface area contributed by atoms with Crippen LogP contribution in [0, 0.1) is 0 Å². The van der Waals surface area contributed by atoms with Crippen LogP contribution < -0.4 is 5.43 Å². The Balaban J connectivity index is 1.39. The molecule has 0 aliphatic heterocycles. The maximum atomic E-state index is 12.4. The van der Waals surface area contributed by atoms with Crippen LogP contribution in [0.5, 0.6) is 0 Å². The number of rotatable bonds is 6. The molecule has 5 heteroatoms. The summed E-state index contributed by atoms with van der Waals surface area (Å²) in [5.41, 5.74) is 8.81. The van der Waals surface area contributed by atoms with Crippen molar-refractivity contribution in [2.24, 2.45) is 5.10 Å². The van der Waals surface area contributed by atoms with Gasteiger partial charge >= 0.3 is 0 Å². The second-order valence-corrected chi connectivity index (χ2v) is 7.11. The molecule has 0 unspecified atom stereocenters. The van der Waals surface area contributed by atoms with Crippen molar-refractivity contribution in [1.82, 2.24) is 15.6 Å². The van der Waals surface area contributed by atoms with Crippen molar-refractivity contribution in [3.05, 3.63) is 108 Å². The van der Waals surface area contributed by atoms with E-state index in [-0.39, 0.29) is 5.91 Å². The quantitative estimate of drug-likeness (QED) is 0.325. The lowest BCUT2D eigenvalue weighted by atomic mass is 10.0. The first-order chi connectivity index (χ1) is 15.2. The Labute approximate surface area is 181 Å². The molecular formula is C26H22N4O. The highest BCUT2D eigenvalue weighted by molar-refractivity contribution is 5.94. The molecule has 0 fully saturated rings. The number of hydrazone groups is 1. The van der Waals surface area contributed by atoms with E-state index in [9.17, 15) is 4.79 Å². The lowest BCUT2D eigenvalue weighted by Gasteiger charge is -2.02. The number of aromatic amines is 1. The number of aromatic nitrogens is 2. The van der Waals surface area contributed by atoms with Crippen LogP contribution >= 0.6 is 0 Å². The molecule has 0 aliphatic rings. The van der Waals surface area contributed by atoms with Gasteiger partial charge in [0, 0.05) is 5.56 Å². The van der Waals surface area contributed by atoms with Gasteiger partial charge in [-0.15, -0.1) is 0 Å². The lowest BCUT2D eigenvalue weighted by molar-refractivity contribution is 0.0950. The van der Waals surface area contributed by atoms with Gasteiger partial charge in [0.25, 0.3) is 5.91 Å². The molecule has 0 bridgehead atoms. The number of H-pyrrole nitrogens is 1. The van der Waals surface area contributed by atoms with Gasteiger partial charge in [-0.2, -0.15) is 10.2 Å². The molecule has 152 valence electrons. The third kappa shape index (κ3) is 5.22. The Morgan fingerprint density at radius 3 is 2.19 bits per heavy atom. The van der Waals surface area contributed by atoms with E-state index in [1.165, 1.54) is 0 Å². The maximum Gasteiger partial charge on any atom is 0.289 e. The molecule has 3 aromatic carbocycles.